The van der Waals surface area contributed by atoms with Gasteiger partial charge >= 0.3 is 0 Å². The Balaban J connectivity index is 2.51. The summed E-state index contributed by atoms with van der Waals surface area (Å²) in [5.74, 6) is 1.67. The largest absolute Gasteiger partial charge is 0.354 e. The average Bonchev–Trinajstić information content (AvgIpc) is 2.42. The van der Waals surface area contributed by atoms with Crippen LogP contribution in [0.1, 0.15) is 6.92 Å². The van der Waals surface area contributed by atoms with Gasteiger partial charge in [-0.15, -0.1) is 0 Å². The molecule has 0 saturated heterocycles. The highest BCUT2D eigenvalue weighted by molar-refractivity contribution is 6.42. The fourth-order valence-corrected chi connectivity index (χ4v) is 1.86. The Morgan fingerprint density at radius 1 is 1.10 bits per heavy atom. The number of benzene rings is 1. The van der Waals surface area contributed by atoms with Crippen molar-refractivity contribution in [3.05, 3.63) is 28.2 Å². The van der Waals surface area contributed by atoms with Gasteiger partial charge in [-0.05, 0) is 25.1 Å². The van der Waals surface area contributed by atoms with Gasteiger partial charge in [0.25, 0.3) is 0 Å². The molecule has 1 aromatic heterocycles. The minimum Gasteiger partial charge on any atom is -0.354 e. The lowest BCUT2D eigenvalue weighted by Crippen LogP contribution is -2.15. The lowest BCUT2D eigenvalue weighted by molar-refractivity contribution is 0.953. The summed E-state index contributed by atoms with van der Waals surface area (Å²) in [6.07, 6.45) is 0. The Morgan fingerprint density at radius 3 is 2.45 bits per heavy atom. The Bertz CT molecular complexity index is 616. The van der Waals surface area contributed by atoms with Crippen molar-refractivity contribution in [2.24, 2.45) is 0 Å². The molecule has 0 radical (unpaired) electrons. The zero-order valence-corrected chi connectivity index (χ0v) is 13.0. The molecule has 0 aliphatic carbocycles. The highest BCUT2D eigenvalue weighted by Gasteiger charge is 2.10. The van der Waals surface area contributed by atoms with E-state index in [0.717, 1.165) is 12.1 Å². The Hall–Kier alpha value is -1.59. The van der Waals surface area contributed by atoms with E-state index >= 15 is 0 Å². The molecule has 20 heavy (non-hydrogen) atoms. The zero-order valence-electron chi connectivity index (χ0n) is 11.5. The van der Waals surface area contributed by atoms with E-state index in [4.69, 9.17) is 23.2 Å². The molecular weight excluding hydrogens is 297 g/mol. The van der Waals surface area contributed by atoms with Crippen molar-refractivity contribution in [3.8, 4) is 11.4 Å². The van der Waals surface area contributed by atoms with Gasteiger partial charge in [0, 0.05) is 26.2 Å². The molecule has 1 heterocycles. The van der Waals surface area contributed by atoms with Crippen molar-refractivity contribution in [2.45, 2.75) is 6.92 Å². The quantitative estimate of drug-likeness (QED) is 0.938. The van der Waals surface area contributed by atoms with Gasteiger partial charge in [0.2, 0.25) is 11.9 Å². The van der Waals surface area contributed by atoms with Crippen LogP contribution in [0.15, 0.2) is 18.2 Å². The summed E-state index contributed by atoms with van der Waals surface area (Å²) in [6.45, 7) is 2.72. The van der Waals surface area contributed by atoms with Gasteiger partial charge in [0.1, 0.15) is 0 Å². The third-order valence-electron chi connectivity index (χ3n) is 2.54. The minimum absolute atomic E-state index is 0.473. The van der Waals surface area contributed by atoms with Crippen molar-refractivity contribution >= 4 is 35.1 Å². The zero-order chi connectivity index (χ0) is 14.7. The molecule has 7 heteroatoms. The maximum absolute atomic E-state index is 6.04. The Kier molecular flexibility index (Phi) is 4.62. The second-order valence-electron chi connectivity index (χ2n) is 4.34. The van der Waals surface area contributed by atoms with Gasteiger partial charge in [-0.25, -0.2) is 0 Å². The molecule has 0 spiro atoms. The highest BCUT2D eigenvalue weighted by Crippen LogP contribution is 2.27. The predicted octanol–water partition coefficient (Wildman–Crippen LogP) is 3.34. The summed E-state index contributed by atoms with van der Waals surface area (Å²) in [7, 11) is 3.76. The van der Waals surface area contributed by atoms with E-state index in [2.05, 4.69) is 20.3 Å². The number of nitrogens with zero attached hydrogens (tertiary/aromatic N) is 4. The first-order chi connectivity index (χ1) is 9.51. The van der Waals surface area contributed by atoms with Crippen LogP contribution in [0, 0.1) is 0 Å². The lowest BCUT2D eigenvalue weighted by atomic mass is 10.2. The smallest absolute Gasteiger partial charge is 0.230 e. The van der Waals surface area contributed by atoms with Gasteiger partial charge < -0.3 is 10.2 Å². The van der Waals surface area contributed by atoms with Crippen LogP contribution in [-0.2, 0) is 0 Å². The molecule has 0 aliphatic heterocycles. The SMILES string of the molecule is CCNc1nc(-c2ccc(Cl)c(Cl)c2)nc(N(C)C)n1. The number of rotatable bonds is 4. The summed E-state index contributed by atoms with van der Waals surface area (Å²) >= 11 is 12.0. The van der Waals surface area contributed by atoms with Crippen LogP contribution < -0.4 is 10.2 Å². The van der Waals surface area contributed by atoms with E-state index < -0.39 is 0 Å². The molecule has 0 saturated carbocycles. The van der Waals surface area contributed by atoms with E-state index in [1.165, 1.54) is 0 Å². The molecule has 2 rings (SSSR count). The van der Waals surface area contributed by atoms with Crippen LogP contribution in [0.2, 0.25) is 10.0 Å². The highest BCUT2D eigenvalue weighted by atomic mass is 35.5. The van der Waals surface area contributed by atoms with Crippen molar-refractivity contribution in [1.29, 1.82) is 0 Å². The van der Waals surface area contributed by atoms with E-state index in [9.17, 15) is 0 Å². The lowest BCUT2D eigenvalue weighted by Gasteiger charge is -2.13. The Labute approximate surface area is 128 Å². The van der Waals surface area contributed by atoms with Gasteiger partial charge in [0.15, 0.2) is 5.82 Å². The molecule has 0 amide bonds. The fourth-order valence-electron chi connectivity index (χ4n) is 1.57. The first-order valence-corrected chi connectivity index (χ1v) is 6.89. The van der Waals surface area contributed by atoms with E-state index in [0.29, 0.717) is 27.8 Å². The summed E-state index contributed by atoms with van der Waals surface area (Å²) in [6, 6.07) is 5.30. The second-order valence-corrected chi connectivity index (χ2v) is 5.15. The number of halogens is 2. The van der Waals surface area contributed by atoms with Gasteiger partial charge in [-0.1, -0.05) is 23.2 Å². The molecule has 0 bridgehead atoms. The molecule has 106 valence electrons. The van der Waals surface area contributed by atoms with Crippen molar-refractivity contribution in [2.75, 3.05) is 30.9 Å². The first kappa shape index (κ1) is 14.8. The minimum atomic E-state index is 0.473. The van der Waals surface area contributed by atoms with Crippen molar-refractivity contribution in [1.82, 2.24) is 15.0 Å². The maximum Gasteiger partial charge on any atom is 0.230 e. The maximum atomic E-state index is 6.04. The second kappa shape index (κ2) is 6.24. The average molecular weight is 312 g/mol. The fraction of sp³-hybridized carbons (Fsp3) is 0.308. The topological polar surface area (TPSA) is 53.9 Å². The molecule has 0 fully saturated rings. The summed E-state index contributed by atoms with van der Waals surface area (Å²) in [5, 5.41) is 4.07. The number of hydrogen-bond donors (Lipinski definition) is 1. The third kappa shape index (κ3) is 3.29. The number of nitrogens with one attached hydrogen (secondary N) is 1. The van der Waals surface area contributed by atoms with Gasteiger partial charge in [0.05, 0.1) is 10.0 Å². The first-order valence-electron chi connectivity index (χ1n) is 6.14. The van der Waals surface area contributed by atoms with Gasteiger partial charge in [-0.3, -0.25) is 0 Å². The van der Waals surface area contributed by atoms with Gasteiger partial charge in [-0.2, -0.15) is 15.0 Å². The van der Waals surface area contributed by atoms with Crippen LogP contribution in [0.5, 0.6) is 0 Å². The standard InChI is InChI=1S/C13H15Cl2N5/c1-4-16-12-17-11(18-13(19-12)20(2)3)8-5-6-9(14)10(15)7-8/h5-7H,4H2,1-3H3,(H,16,17,18,19). The normalized spacial score (nSPS) is 10.4. The summed E-state index contributed by atoms with van der Waals surface area (Å²) < 4.78 is 0. The molecule has 0 atom stereocenters. The van der Waals surface area contributed by atoms with Crippen LogP contribution >= 0.6 is 23.2 Å². The van der Waals surface area contributed by atoms with Crippen LogP contribution in [0.25, 0.3) is 11.4 Å². The van der Waals surface area contributed by atoms with Crippen molar-refractivity contribution in [3.63, 3.8) is 0 Å². The summed E-state index contributed by atoms with van der Waals surface area (Å²) in [4.78, 5) is 14.9. The number of aromatic nitrogens is 3. The molecule has 0 unspecified atom stereocenters. The molecular formula is C13H15Cl2N5. The molecule has 5 nitrogen and oxygen atoms in total. The van der Waals surface area contributed by atoms with E-state index in [-0.39, 0.29) is 0 Å². The number of hydrogen-bond acceptors (Lipinski definition) is 5. The predicted molar refractivity (Wildman–Crippen MR) is 83.8 cm³/mol. The molecule has 2 aromatic rings. The molecule has 0 aliphatic rings. The van der Waals surface area contributed by atoms with Crippen LogP contribution in [0.4, 0.5) is 11.9 Å². The number of anilines is 2. The molecule has 1 N–H and O–H groups in total. The third-order valence-corrected chi connectivity index (χ3v) is 3.28. The monoisotopic (exact) mass is 311 g/mol. The van der Waals surface area contributed by atoms with E-state index in [1.54, 1.807) is 12.1 Å². The Morgan fingerprint density at radius 2 is 1.85 bits per heavy atom. The molecule has 1 aromatic carbocycles. The van der Waals surface area contributed by atoms with Crippen LogP contribution in [0.3, 0.4) is 0 Å². The van der Waals surface area contributed by atoms with E-state index in [1.807, 2.05) is 32.0 Å². The van der Waals surface area contributed by atoms with Crippen LogP contribution in [-0.4, -0.2) is 35.6 Å². The summed E-state index contributed by atoms with van der Waals surface area (Å²) in [5.41, 5.74) is 0.795. The van der Waals surface area contributed by atoms with Crippen molar-refractivity contribution < 1.29 is 0 Å².